The third-order valence-electron chi connectivity index (χ3n) is 2.40. The number of ether oxygens (including phenoxy) is 2. The minimum Gasteiger partial charge on any atom is -0.474 e. The van der Waals surface area contributed by atoms with E-state index >= 15 is 0 Å². The molecule has 22 heavy (non-hydrogen) atoms. The number of carboxylic acids is 1. The Bertz CT molecular complexity index is 536. The summed E-state index contributed by atoms with van der Waals surface area (Å²) in [6.07, 6.45) is -2.49. The first-order valence-electron chi connectivity index (χ1n) is 6.21. The quantitative estimate of drug-likeness (QED) is 0.384. The summed E-state index contributed by atoms with van der Waals surface area (Å²) < 4.78 is 9.62. The van der Waals surface area contributed by atoms with Crippen LogP contribution in [0.5, 0.6) is 0 Å². The Morgan fingerprint density at radius 3 is 2.18 bits per heavy atom. The fraction of sp³-hybridized carbons (Fsp3) is 0.583. The van der Waals surface area contributed by atoms with Crippen LogP contribution < -0.4 is 5.32 Å². The van der Waals surface area contributed by atoms with E-state index in [1.54, 1.807) is 20.8 Å². The Balaban J connectivity index is 2.84. The van der Waals surface area contributed by atoms with E-state index in [-0.39, 0.29) is 4.90 Å². The van der Waals surface area contributed by atoms with Crippen molar-refractivity contribution in [2.24, 2.45) is 0 Å². The minimum absolute atomic E-state index is 0.242. The molecule has 2 atom stereocenters. The molecule has 0 spiro atoms. The van der Waals surface area contributed by atoms with Gasteiger partial charge in [-0.1, -0.05) is 0 Å². The van der Waals surface area contributed by atoms with Crippen molar-refractivity contribution in [1.29, 1.82) is 0 Å². The summed E-state index contributed by atoms with van der Waals surface area (Å²) in [6, 6.07) is -1.39. The molecule has 0 saturated carbocycles. The molecule has 0 radical (unpaired) electrons. The maximum absolute atomic E-state index is 11.8. The van der Waals surface area contributed by atoms with Crippen molar-refractivity contribution in [1.82, 2.24) is 10.2 Å². The summed E-state index contributed by atoms with van der Waals surface area (Å²) in [5, 5.41) is 10.7. The predicted molar refractivity (Wildman–Crippen MR) is 68.2 cm³/mol. The highest BCUT2D eigenvalue weighted by Crippen LogP contribution is 2.22. The fourth-order valence-electron chi connectivity index (χ4n) is 1.64. The van der Waals surface area contributed by atoms with Gasteiger partial charge in [-0.05, 0) is 20.8 Å². The van der Waals surface area contributed by atoms with Crippen LogP contribution in [-0.4, -0.2) is 57.7 Å². The van der Waals surface area contributed by atoms with Crippen LogP contribution in [0.1, 0.15) is 27.7 Å². The van der Waals surface area contributed by atoms with Crippen LogP contribution in [0.15, 0.2) is 0 Å². The fourth-order valence-corrected chi connectivity index (χ4v) is 1.64. The molecule has 2 N–H and O–H groups in total. The van der Waals surface area contributed by atoms with E-state index in [1.165, 1.54) is 0 Å². The first kappa shape index (κ1) is 17.4. The molecule has 10 nitrogen and oxygen atoms in total. The lowest BCUT2D eigenvalue weighted by Crippen LogP contribution is -2.74. The highest BCUT2D eigenvalue weighted by molar-refractivity contribution is 6.36. The summed E-state index contributed by atoms with van der Waals surface area (Å²) in [6.45, 7) is 5.80. The van der Waals surface area contributed by atoms with E-state index in [1.807, 2.05) is 0 Å². The zero-order chi connectivity index (χ0) is 17.2. The number of alkyl carbamates (subject to hydrolysis) is 1. The van der Waals surface area contributed by atoms with Crippen molar-refractivity contribution in [3.05, 3.63) is 0 Å². The number of nitrogens with zero attached hydrogens (tertiary/aromatic N) is 1. The average molecular weight is 316 g/mol. The number of amides is 3. The molecule has 3 amide bonds. The predicted octanol–water partition coefficient (Wildman–Crippen LogP) is -0.778. The summed E-state index contributed by atoms with van der Waals surface area (Å²) in [7, 11) is 0. The molecule has 0 aliphatic carbocycles. The molecule has 1 aliphatic rings. The molecule has 1 saturated heterocycles. The van der Waals surface area contributed by atoms with Crippen LogP contribution in [0, 0.1) is 0 Å². The SMILES string of the molecule is CC(=O)O[C@H]1[C@H](NC(=O)OC(C)(C)C)C(=O)N1C(=O)C(=O)O. The number of hydrogen-bond acceptors (Lipinski definition) is 7. The number of carboxylic acid groups (broad SMARTS) is 1. The maximum Gasteiger partial charge on any atom is 0.408 e. The van der Waals surface area contributed by atoms with Gasteiger partial charge >= 0.3 is 23.9 Å². The second-order valence-electron chi connectivity index (χ2n) is 5.44. The van der Waals surface area contributed by atoms with Gasteiger partial charge in [-0.3, -0.25) is 14.4 Å². The number of β-lactam (4-membered cyclic amide) rings is 1. The number of hydrogen-bond donors (Lipinski definition) is 2. The van der Waals surface area contributed by atoms with E-state index in [2.05, 4.69) is 5.32 Å². The van der Waals surface area contributed by atoms with E-state index in [0.29, 0.717) is 0 Å². The number of nitrogens with one attached hydrogen (secondary N) is 1. The molecule has 10 heteroatoms. The zero-order valence-corrected chi connectivity index (χ0v) is 12.4. The third-order valence-corrected chi connectivity index (χ3v) is 2.40. The van der Waals surface area contributed by atoms with Crippen LogP contribution in [-0.2, 0) is 28.7 Å². The second kappa shape index (κ2) is 6.00. The topological polar surface area (TPSA) is 139 Å². The zero-order valence-electron chi connectivity index (χ0n) is 12.4. The monoisotopic (exact) mass is 316 g/mol. The number of aliphatic carboxylic acids is 1. The van der Waals surface area contributed by atoms with Crippen LogP contribution in [0.4, 0.5) is 4.79 Å². The minimum atomic E-state index is -1.89. The van der Waals surface area contributed by atoms with E-state index in [4.69, 9.17) is 14.6 Å². The third kappa shape index (κ3) is 3.93. The van der Waals surface area contributed by atoms with Gasteiger partial charge in [-0.15, -0.1) is 0 Å². The van der Waals surface area contributed by atoms with Crippen LogP contribution in [0.3, 0.4) is 0 Å². The summed E-state index contributed by atoms with van der Waals surface area (Å²) in [5.41, 5.74) is -0.829. The van der Waals surface area contributed by atoms with Crippen molar-refractivity contribution >= 4 is 29.8 Å². The standard InChI is InChI=1S/C12H16N2O8/c1-5(15)21-9-6(13-11(20)22-12(2,3)4)7(16)14(9)8(17)10(18)19/h6,9H,1-4H3,(H,13,20)(H,18,19)/t6-,9+/m1/s1. The lowest BCUT2D eigenvalue weighted by molar-refractivity contribution is -0.196. The van der Waals surface area contributed by atoms with Crippen molar-refractivity contribution in [2.75, 3.05) is 0 Å². The largest absolute Gasteiger partial charge is 0.474 e. The van der Waals surface area contributed by atoms with Gasteiger partial charge in [0.25, 0.3) is 5.91 Å². The van der Waals surface area contributed by atoms with Crippen molar-refractivity contribution in [3.63, 3.8) is 0 Å². The summed E-state index contributed by atoms with van der Waals surface area (Å²) >= 11 is 0. The van der Waals surface area contributed by atoms with Crippen LogP contribution in [0.2, 0.25) is 0 Å². The Morgan fingerprint density at radius 2 is 1.77 bits per heavy atom. The first-order chi connectivity index (χ1) is 9.94. The van der Waals surface area contributed by atoms with Crippen molar-refractivity contribution in [2.45, 2.75) is 45.6 Å². The number of carbonyl (C=O) groups excluding carboxylic acids is 4. The van der Waals surface area contributed by atoms with E-state index < -0.39 is 47.7 Å². The lowest BCUT2D eigenvalue weighted by Gasteiger charge is -2.43. The van der Waals surface area contributed by atoms with Gasteiger partial charge in [-0.2, -0.15) is 0 Å². The van der Waals surface area contributed by atoms with E-state index in [0.717, 1.165) is 6.92 Å². The Labute approximate surface area is 125 Å². The molecule has 1 aliphatic heterocycles. The molecule has 1 heterocycles. The second-order valence-corrected chi connectivity index (χ2v) is 5.44. The van der Waals surface area contributed by atoms with Crippen LogP contribution in [0.25, 0.3) is 0 Å². The molecule has 0 unspecified atom stereocenters. The van der Waals surface area contributed by atoms with Gasteiger partial charge in [0.15, 0.2) is 6.04 Å². The Hall–Kier alpha value is -2.65. The number of likely N-dealkylation sites (tertiary alicyclic amines) is 1. The van der Waals surface area contributed by atoms with Gasteiger partial charge in [0.1, 0.15) is 5.60 Å². The number of imide groups is 1. The van der Waals surface area contributed by atoms with Gasteiger partial charge in [0.2, 0.25) is 6.23 Å². The van der Waals surface area contributed by atoms with Gasteiger partial charge < -0.3 is 19.9 Å². The molecular weight excluding hydrogens is 300 g/mol. The molecule has 1 rings (SSSR count). The summed E-state index contributed by atoms with van der Waals surface area (Å²) in [4.78, 5) is 56.6. The lowest BCUT2D eigenvalue weighted by atomic mass is 10.0. The maximum atomic E-state index is 11.8. The van der Waals surface area contributed by atoms with Crippen molar-refractivity contribution < 1.29 is 38.6 Å². The van der Waals surface area contributed by atoms with Crippen LogP contribution >= 0.6 is 0 Å². The van der Waals surface area contributed by atoms with E-state index in [9.17, 15) is 24.0 Å². The highest BCUT2D eigenvalue weighted by atomic mass is 16.6. The number of carbonyl (C=O) groups is 5. The van der Waals surface area contributed by atoms with Gasteiger partial charge in [0, 0.05) is 6.92 Å². The van der Waals surface area contributed by atoms with Gasteiger partial charge in [-0.25, -0.2) is 14.5 Å². The van der Waals surface area contributed by atoms with Gasteiger partial charge in [0.05, 0.1) is 0 Å². The average Bonchev–Trinajstić information content (AvgIpc) is 2.32. The molecule has 122 valence electrons. The molecule has 1 fully saturated rings. The highest BCUT2D eigenvalue weighted by Gasteiger charge is 2.55. The molecular formula is C12H16N2O8. The molecule has 0 bridgehead atoms. The Kier molecular flexibility index (Phi) is 4.74. The number of rotatable bonds is 2. The Morgan fingerprint density at radius 1 is 1.23 bits per heavy atom. The molecule has 0 aromatic heterocycles. The number of esters is 1. The normalized spacial score (nSPS) is 20.7. The summed E-state index contributed by atoms with van der Waals surface area (Å²) in [5.74, 6) is -5.30. The smallest absolute Gasteiger partial charge is 0.408 e. The molecule has 0 aromatic carbocycles. The molecule has 0 aromatic rings. The first-order valence-corrected chi connectivity index (χ1v) is 6.21. The van der Waals surface area contributed by atoms with Crippen molar-refractivity contribution in [3.8, 4) is 0 Å².